The Labute approximate surface area is 178 Å². The van der Waals surface area contributed by atoms with Crippen molar-refractivity contribution in [1.29, 1.82) is 0 Å². The van der Waals surface area contributed by atoms with E-state index in [-0.39, 0.29) is 11.5 Å². The molecule has 158 valence electrons. The molecule has 0 saturated carbocycles. The zero-order chi connectivity index (χ0) is 21.8. The molecule has 2 aromatic carbocycles. The maximum absolute atomic E-state index is 11.4. The van der Waals surface area contributed by atoms with E-state index >= 15 is 0 Å². The summed E-state index contributed by atoms with van der Waals surface area (Å²) in [7, 11) is -2.14. The van der Waals surface area contributed by atoms with Gasteiger partial charge in [0.25, 0.3) is 0 Å². The predicted molar refractivity (Wildman–Crippen MR) is 111 cm³/mol. The second kappa shape index (κ2) is 8.50. The van der Waals surface area contributed by atoms with Gasteiger partial charge < -0.3 is 9.47 Å². The van der Waals surface area contributed by atoms with Crippen LogP contribution in [0, 0.1) is 0 Å². The first-order chi connectivity index (χ1) is 14.9. The molecule has 2 heterocycles. The van der Waals surface area contributed by atoms with Crippen molar-refractivity contribution in [3.8, 4) is 28.7 Å². The van der Waals surface area contributed by atoms with Gasteiger partial charge in [0.1, 0.15) is 18.1 Å². The third kappa shape index (κ3) is 4.85. The Morgan fingerprint density at radius 1 is 1.03 bits per heavy atom. The van der Waals surface area contributed by atoms with E-state index in [0.717, 1.165) is 11.3 Å². The fourth-order valence-electron chi connectivity index (χ4n) is 2.73. The van der Waals surface area contributed by atoms with Crippen LogP contribution in [0.25, 0.3) is 17.1 Å². The van der Waals surface area contributed by atoms with Gasteiger partial charge in [-0.15, -0.1) is 5.10 Å². The number of aromatic nitrogens is 5. The fraction of sp³-hybridized carbons (Fsp3) is 0.100. The van der Waals surface area contributed by atoms with Crippen LogP contribution in [0.15, 0.2) is 71.9 Å². The minimum atomic E-state index is -3.75. The molecule has 0 bridgehead atoms. The van der Waals surface area contributed by atoms with Crippen LogP contribution in [0.2, 0.25) is 0 Å². The Balaban J connectivity index is 1.44. The van der Waals surface area contributed by atoms with E-state index in [1.54, 1.807) is 37.7 Å². The number of benzene rings is 2. The molecular formula is C20H18N6O4S. The minimum absolute atomic E-state index is 0.0244. The summed E-state index contributed by atoms with van der Waals surface area (Å²) in [6, 6.07) is 15.0. The topological polar surface area (TPSA) is 135 Å². The average molecular weight is 438 g/mol. The number of hydrogen-bond acceptors (Lipinski definition) is 8. The Morgan fingerprint density at radius 2 is 1.77 bits per heavy atom. The molecule has 0 saturated heterocycles. The van der Waals surface area contributed by atoms with E-state index in [0.29, 0.717) is 23.1 Å². The highest BCUT2D eigenvalue weighted by Crippen LogP contribution is 2.21. The lowest BCUT2D eigenvalue weighted by Gasteiger charge is -2.06. The summed E-state index contributed by atoms with van der Waals surface area (Å²) in [4.78, 5) is 8.71. The summed E-state index contributed by atoms with van der Waals surface area (Å²) in [5, 5.41) is 13.2. The van der Waals surface area contributed by atoms with E-state index in [9.17, 15) is 8.42 Å². The molecule has 2 N–H and O–H groups in total. The first kappa shape index (κ1) is 20.4. The van der Waals surface area contributed by atoms with Crippen LogP contribution in [0.5, 0.6) is 11.6 Å². The van der Waals surface area contributed by atoms with Crippen LogP contribution in [-0.2, 0) is 16.6 Å². The van der Waals surface area contributed by atoms with Crippen LogP contribution < -0.4 is 14.6 Å². The number of nitrogens with two attached hydrogens (primary N) is 1. The molecule has 0 fully saturated rings. The molecule has 0 aliphatic heterocycles. The Hall–Kier alpha value is -3.83. The smallest absolute Gasteiger partial charge is 0.238 e. The van der Waals surface area contributed by atoms with Crippen molar-refractivity contribution in [2.75, 3.05) is 7.11 Å². The maximum atomic E-state index is 11.4. The zero-order valence-corrected chi connectivity index (χ0v) is 17.2. The van der Waals surface area contributed by atoms with Crippen molar-refractivity contribution < 1.29 is 17.9 Å². The van der Waals surface area contributed by atoms with E-state index < -0.39 is 10.0 Å². The van der Waals surface area contributed by atoms with Gasteiger partial charge in [-0.1, -0.05) is 5.21 Å². The van der Waals surface area contributed by atoms with E-state index in [1.165, 1.54) is 16.8 Å². The van der Waals surface area contributed by atoms with Gasteiger partial charge in [0.2, 0.25) is 15.9 Å². The van der Waals surface area contributed by atoms with Gasteiger partial charge in [0, 0.05) is 17.8 Å². The van der Waals surface area contributed by atoms with Crippen molar-refractivity contribution in [3.63, 3.8) is 0 Å². The number of rotatable bonds is 7. The zero-order valence-electron chi connectivity index (χ0n) is 16.4. The van der Waals surface area contributed by atoms with Crippen molar-refractivity contribution >= 4 is 10.0 Å². The van der Waals surface area contributed by atoms with Crippen LogP contribution in [-0.4, -0.2) is 40.5 Å². The van der Waals surface area contributed by atoms with Gasteiger partial charge in [-0.05, 0) is 48.5 Å². The summed E-state index contributed by atoms with van der Waals surface area (Å²) >= 11 is 0. The molecular weight excluding hydrogens is 420 g/mol. The van der Waals surface area contributed by atoms with Gasteiger partial charge in [-0.25, -0.2) is 23.2 Å². The van der Waals surface area contributed by atoms with Crippen molar-refractivity contribution in [2.45, 2.75) is 11.5 Å². The highest BCUT2D eigenvalue weighted by molar-refractivity contribution is 7.89. The van der Waals surface area contributed by atoms with Crippen LogP contribution in [0.3, 0.4) is 0 Å². The van der Waals surface area contributed by atoms with Gasteiger partial charge in [-0.2, -0.15) is 4.98 Å². The third-order valence-electron chi connectivity index (χ3n) is 4.32. The number of sulfonamides is 1. The second-order valence-electron chi connectivity index (χ2n) is 6.43. The van der Waals surface area contributed by atoms with Gasteiger partial charge in [-0.3, -0.25) is 0 Å². The quantitative estimate of drug-likeness (QED) is 0.463. The van der Waals surface area contributed by atoms with Crippen LogP contribution >= 0.6 is 0 Å². The largest absolute Gasteiger partial charge is 0.497 e. The second-order valence-corrected chi connectivity index (χ2v) is 7.99. The van der Waals surface area contributed by atoms with Crippen LogP contribution in [0.4, 0.5) is 0 Å². The summed E-state index contributed by atoms with van der Waals surface area (Å²) in [6.07, 6.45) is 3.29. The van der Waals surface area contributed by atoms with Gasteiger partial charge in [0.15, 0.2) is 5.82 Å². The first-order valence-electron chi connectivity index (χ1n) is 9.07. The molecule has 0 spiro atoms. The van der Waals surface area contributed by atoms with Crippen molar-refractivity contribution in [3.05, 3.63) is 72.7 Å². The van der Waals surface area contributed by atoms with Crippen LogP contribution in [0.1, 0.15) is 5.69 Å². The molecule has 0 atom stereocenters. The Bertz CT molecular complexity index is 1290. The SMILES string of the molecule is COc1ccc(-c2nccc(OCc3cn(-c4ccc(S(N)(=O)=O)cc4)nn3)n2)cc1. The Kier molecular flexibility index (Phi) is 5.60. The lowest BCUT2D eigenvalue weighted by Crippen LogP contribution is -2.12. The molecule has 11 heteroatoms. The molecule has 10 nitrogen and oxygen atoms in total. The highest BCUT2D eigenvalue weighted by atomic mass is 32.2. The molecule has 2 aromatic heterocycles. The molecule has 0 aliphatic carbocycles. The van der Waals surface area contributed by atoms with E-state index in [2.05, 4.69) is 20.3 Å². The third-order valence-corrected chi connectivity index (χ3v) is 5.25. The maximum Gasteiger partial charge on any atom is 0.238 e. The van der Waals surface area contributed by atoms with Crippen molar-refractivity contribution in [2.24, 2.45) is 5.14 Å². The standard InChI is InChI=1S/C20H18N6O4S/c1-29-17-6-2-14(3-7-17)20-22-11-10-19(23-20)30-13-15-12-26(25-24-15)16-4-8-18(9-5-16)31(21,27)28/h2-12H,13H2,1H3,(H2,21,27,28). The number of hydrogen-bond donors (Lipinski definition) is 1. The van der Waals surface area contributed by atoms with Crippen molar-refractivity contribution in [1.82, 2.24) is 25.0 Å². The summed E-state index contributed by atoms with van der Waals surface area (Å²) in [5.74, 6) is 1.67. The number of primary sulfonamides is 1. The van der Waals surface area contributed by atoms with Gasteiger partial charge in [0.05, 0.1) is 23.9 Å². The Morgan fingerprint density at radius 3 is 2.45 bits per heavy atom. The van der Waals surface area contributed by atoms with Gasteiger partial charge >= 0.3 is 0 Å². The summed E-state index contributed by atoms with van der Waals surface area (Å²) in [5.41, 5.74) is 2.04. The lowest BCUT2D eigenvalue weighted by molar-refractivity contribution is 0.289. The summed E-state index contributed by atoms with van der Waals surface area (Å²) < 4.78 is 35.1. The molecule has 4 aromatic rings. The highest BCUT2D eigenvalue weighted by Gasteiger charge is 2.10. The molecule has 4 rings (SSSR count). The molecule has 0 radical (unpaired) electrons. The predicted octanol–water partition coefficient (Wildman–Crippen LogP) is 1.96. The summed E-state index contributed by atoms with van der Waals surface area (Å²) in [6.45, 7) is 0.147. The molecule has 0 unspecified atom stereocenters. The lowest BCUT2D eigenvalue weighted by atomic mass is 10.2. The monoisotopic (exact) mass is 438 g/mol. The number of ether oxygens (including phenoxy) is 2. The molecule has 0 amide bonds. The number of nitrogens with zero attached hydrogens (tertiary/aromatic N) is 5. The van der Waals surface area contributed by atoms with E-state index in [1.807, 2.05) is 24.3 Å². The first-order valence-corrected chi connectivity index (χ1v) is 10.6. The molecule has 0 aliphatic rings. The average Bonchev–Trinajstić information content (AvgIpc) is 3.27. The fourth-order valence-corrected chi connectivity index (χ4v) is 3.24. The van der Waals surface area contributed by atoms with E-state index in [4.69, 9.17) is 14.6 Å². The minimum Gasteiger partial charge on any atom is -0.497 e. The number of methoxy groups -OCH3 is 1. The molecule has 31 heavy (non-hydrogen) atoms. The normalized spacial score (nSPS) is 11.3.